The summed E-state index contributed by atoms with van der Waals surface area (Å²) < 4.78 is 7.35. The maximum Gasteiger partial charge on any atom is 0.105 e. The van der Waals surface area contributed by atoms with Gasteiger partial charge in [-0.25, -0.2) is 0 Å². The highest BCUT2D eigenvalue weighted by Gasteiger charge is 2.25. The largest absolute Gasteiger partial charge is 0.362 e. The Balaban J connectivity index is 1.76. The first-order valence-electron chi connectivity index (χ1n) is 5.99. The first kappa shape index (κ1) is 12.4. The Kier molecular flexibility index (Phi) is 3.80. The molecule has 1 N–H and O–H groups in total. The van der Waals surface area contributed by atoms with Crippen LogP contribution in [-0.4, -0.2) is 13.1 Å². The Labute approximate surface area is 119 Å². The van der Waals surface area contributed by atoms with Gasteiger partial charge in [-0.2, -0.15) is 0 Å². The van der Waals surface area contributed by atoms with Crippen LogP contribution >= 0.6 is 27.3 Å². The predicted molar refractivity (Wildman–Crippen MR) is 77.9 cm³/mol. The molecular formula is C14H14BrNOS. The highest BCUT2D eigenvalue weighted by Crippen LogP contribution is 2.34. The molecule has 94 valence electrons. The zero-order valence-corrected chi connectivity index (χ0v) is 12.2. The van der Waals surface area contributed by atoms with Gasteiger partial charge >= 0.3 is 0 Å². The second-order valence-electron chi connectivity index (χ2n) is 4.32. The highest BCUT2D eigenvalue weighted by atomic mass is 79.9. The summed E-state index contributed by atoms with van der Waals surface area (Å²) in [4.78, 5) is 1.27. The van der Waals surface area contributed by atoms with Crippen LogP contribution in [0.3, 0.4) is 0 Å². The van der Waals surface area contributed by atoms with E-state index in [2.05, 4.69) is 57.6 Å². The van der Waals surface area contributed by atoms with Crippen LogP contribution in [0.15, 0.2) is 46.3 Å². The van der Waals surface area contributed by atoms with E-state index in [0.717, 1.165) is 16.9 Å². The van der Waals surface area contributed by atoms with Gasteiger partial charge in [0, 0.05) is 18.0 Å². The standard InChI is InChI=1S/C14H14BrNOS/c15-14-7-6-13(18-14)12-9-16-8-11(17-12)10-4-2-1-3-5-10/h1-7,11-12,16H,8-9H2. The van der Waals surface area contributed by atoms with Crippen molar-refractivity contribution in [3.05, 3.63) is 56.7 Å². The maximum atomic E-state index is 6.20. The van der Waals surface area contributed by atoms with Crippen LogP contribution in [0.2, 0.25) is 0 Å². The van der Waals surface area contributed by atoms with Crippen molar-refractivity contribution in [2.45, 2.75) is 12.2 Å². The zero-order valence-electron chi connectivity index (χ0n) is 9.80. The first-order valence-corrected chi connectivity index (χ1v) is 7.60. The Morgan fingerprint density at radius 2 is 1.83 bits per heavy atom. The number of morpholine rings is 1. The lowest BCUT2D eigenvalue weighted by molar-refractivity contribution is -0.0388. The van der Waals surface area contributed by atoms with Crippen molar-refractivity contribution in [1.29, 1.82) is 0 Å². The van der Waals surface area contributed by atoms with Gasteiger partial charge in [0.2, 0.25) is 0 Å². The summed E-state index contributed by atoms with van der Waals surface area (Å²) in [5.41, 5.74) is 1.24. The first-order chi connectivity index (χ1) is 8.83. The fourth-order valence-electron chi connectivity index (χ4n) is 2.17. The van der Waals surface area contributed by atoms with Gasteiger partial charge in [-0.15, -0.1) is 11.3 Å². The molecule has 2 nitrogen and oxygen atoms in total. The summed E-state index contributed by atoms with van der Waals surface area (Å²) in [6, 6.07) is 14.6. The molecule has 3 rings (SSSR count). The van der Waals surface area contributed by atoms with E-state index in [1.807, 2.05) is 6.07 Å². The monoisotopic (exact) mass is 323 g/mol. The van der Waals surface area contributed by atoms with Gasteiger partial charge in [0.1, 0.15) is 6.10 Å². The average molecular weight is 324 g/mol. The summed E-state index contributed by atoms with van der Waals surface area (Å²) in [6.07, 6.45) is 0.297. The Bertz CT molecular complexity index is 514. The molecule has 0 spiro atoms. The molecule has 2 aromatic rings. The quantitative estimate of drug-likeness (QED) is 0.904. The third-order valence-electron chi connectivity index (χ3n) is 3.07. The molecule has 0 radical (unpaired) electrons. The molecule has 1 fully saturated rings. The smallest absolute Gasteiger partial charge is 0.105 e. The van der Waals surface area contributed by atoms with Gasteiger partial charge in [0.15, 0.2) is 0 Å². The lowest BCUT2D eigenvalue weighted by atomic mass is 10.1. The third kappa shape index (κ3) is 2.67. The summed E-state index contributed by atoms with van der Waals surface area (Å²) in [5, 5.41) is 3.46. The Hall–Kier alpha value is -0.680. The van der Waals surface area contributed by atoms with Crippen molar-refractivity contribution in [2.24, 2.45) is 0 Å². The van der Waals surface area contributed by atoms with Gasteiger partial charge in [-0.05, 0) is 33.6 Å². The number of rotatable bonds is 2. The molecule has 1 aliphatic heterocycles. The summed E-state index contributed by atoms with van der Waals surface area (Å²) in [7, 11) is 0. The molecule has 4 heteroatoms. The zero-order chi connectivity index (χ0) is 12.4. The predicted octanol–water partition coefficient (Wildman–Crippen LogP) is 3.91. The van der Waals surface area contributed by atoms with Gasteiger partial charge in [0.25, 0.3) is 0 Å². The fourth-order valence-corrected chi connectivity index (χ4v) is 3.63. The number of halogens is 1. The van der Waals surface area contributed by atoms with Crippen LogP contribution in [0, 0.1) is 0 Å². The van der Waals surface area contributed by atoms with E-state index in [0.29, 0.717) is 0 Å². The molecule has 2 unspecified atom stereocenters. The van der Waals surface area contributed by atoms with E-state index in [1.165, 1.54) is 10.4 Å². The molecule has 0 bridgehead atoms. The van der Waals surface area contributed by atoms with Crippen LogP contribution in [0.4, 0.5) is 0 Å². The van der Waals surface area contributed by atoms with E-state index in [1.54, 1.807) is 11.3 Å². The minimum atomic E-state index is 0.144. The molecule has 0 saturated carbocycles. The molecule has 1 aliphatic rings. The highest BCUT2D eigenvalue weighted by molar-refractivity contribution is 9.11. The molecule has 1 aromatic carbocycles. The van der Waals surface area contributed by atoms with Crippen LogP contribution in [0.5, 0.6) is 0 Å². The number of hydrogen-bond acceptors (Lipinski definition) is 3. The van der Waals surface area contributed by atoms with E-state index in [-0.39, 0.29) is 12.2 Å². The third-order valence-corrected chi connectivity index (χ3v) is 4.79. The lowest BCUT2D eigenvalue weighted by Gasteiger charge is -2.30. The van der Waals surface area contributed by atoms with Gasteiger partial charge in [0.05, 0.1) is 9.89 Å². The average Bonchev–Trinajstić information content (AvgIpc) is 2.87. The second-order valence-corrected chi connectivity index (χ2v) is 6.82. The van der Waals surface area contributed by atoms with Crippen molar-refractivity contribution in [3.63, 3.8) is 0 Å². The molecule has 18 heavy (non-hydrogen) atoms. The summed E-state index contributed by atoms with van der Waals surface area (Å²) >= 11 is 5.24. The molecule has 1 aromatic heterocycles. The maximum absolute atomic E-state index is 6.20. The van der Waals surface area contributed by atoms with Crippen molar-refractivity contribution in [3.8, 4) is 0 Å². The van der Waals surface area contributed by atoms with Crippen LogP contribution < -0.4 is 5.32 Å². The molecule has 0 aliphatic carbocycles. The fraction of sp³-hybridized carbons (Fsp3) is 0.286. The number of hydrogen-bond donors (Lipinski definition) is 1. The summed E-state index contributed by atoms with van der Waals surface area (Å²) in [6.45, 7) is 1.77. The van der Waals surface area contributed by atoms with Gasteiger partial charge in [-0.3, -0.25) is 0 Å². The number of thiophene rings is 1. The van der Waals surface area contributed by atoms with E-state index >= 15 is 0 Å². The molecule has 0 amide bonds. The van der Waals surface area contributed by atoms with E-state index < -0.39 is 0 Å². The minimum absolute atomic E-state index is 0.144. The van der Waals surface area contributed by atoms with Crippen molar-refractivity contribution < 1.29 is 4.74 Å². The lowest BCUT2D eigenvalue weighted by Crippen LogP contribution is -2.35. The molecule has 2 heterocycles. The Morgan fingerprint density at radius 3 is 2.56 bits per heavy atom. The summed E-state index contributed by atoms with van der Waals surface area (Å²) in [5.74, 6) is 0. The van der Waals surface area contributed by atoms with E-state index in [4.69, 9.17) is 4.74 Å². The number of ether oxygens (including phenoxy) is 1. The van der Waals surface area contributed by atoms with Crippen LogP contribution in [0.25, 0.3) is 0 Å². The SMILES string of the molecule is Brc1ccc(C2CNCC(c3ccccc3)O2)s1. The van der Waals surface area contributed by atoms with Crippen molar-refractivity contribution in [2.75, 3.05) is 13.1 Å². The second kappa shape index (κ2) is 5.53. The topological polar surface area (TPSA) is 21.3 Å². The van der Waals surface area contributed by atoms with Gasteiger partial charge < -0.3 is 10.1 Å². The number of nitrogens with one attached hydrogen (secondary N) is 1. The van der Waals surface area contributed by atoms with E-state index in [9.17, 15) is 0 Å². The van der Waals surface area contributed by atoms with Crippen molar-refractivity contribution >= 4 is 27.3 Å². The normalized spacial score (nSPS) is 24.1. The molecule has 1 saturated heterocycles. The van der Waals surface area contributed by atoms with Crippen LogP contribution in [0.1, 0.15) is 22.6 Å². The van der Waals surface area contributed by atoms with Crippen LogP contribution in [-0.2, 0) is 4.74 Å². The van der Waals surface area contributed by atoms with Crippen molar-refractivity contribution in [1.82, 2.24) is 5.32 Å². The molecular weight excluding hydrogens is 310 g/mol. The number of benzene rings is 1. The van der Waals surface area contributed by atoms with Gasteiger partial charge in [-0.1, -0.05) is 30.3 Å². The molecule has 2 atom stereocenters. The minimum Gasteiger partial charge on any atom is -0.362 e. The Morgan fingerprint density at radius 1 is 1.06 bits per heavy atom.